The summed E-state index contributed by atoms with van der Waals surface area (Å²) in [6.45, 7) is 6.44. The molecule has 9 heteroatoms. The summed E-state index contributed by atoms with van der Waals surface area (Å²) in [5.74, 6) is -2.74. The van der Waals surface area contributed by atoms with Crippen LogP contribution in [0.4, 0.5) is 0 Å². The lowest BCUT2D eigenvalue weighted by molar-refractivity contribution is -0.143. The van der Waals surface area contributed by atoms with Crippen LogP contribution in [-0.4, -0.2) is 40.6 Å². The largest absolute Gasteiger partial charge is 0.507 e. The molecule has 0 spiro atoms. The minimum atomic E-state index is -1.15. The summed E-state index contributed by atoms with van der Waals surface area (Å²) >= 11 is 0. The first kappa shape index (κ1) is 22.9. The average molecular weight is 418 g/mol. The monoisotopic (exact) mass is 418 g/mol. The zero-order valence-electron chi connectivity index (χ0n) is 17.4. The molecule has 1 aromatic heterocycles. The van der Waals surface area contributed by atoms with Gasteiger partial charge >= 0.3 is 11.6 Å². The van der Waals surface area contributed by atoms with Crippen molar-refractivity contribution in [3.63, 3.8) is 0 Å². The number of amides is 2. The van der Waals surface area contributed by atoms with E-state index in [1.54, 1.807) is 26.8 Å². The van der Waals surface area contributed by atoms with Gasteiger partial charge in [-0.2, -0.15) is 0 Å². The van der Waals surface area contributed by atoms with Crippen molar-refractivity contribution in [2.75, 3.05) is 6.54 Å². The maximum Gasteiger partial charge on any atom is 0.340 e. The Hall–Kier alpha value is -3.36. The van der Waals surface area contributed by atoms with Crippen molar-refractivity contribution in [3.8, 4) is 5.75 Å². The number of hydrogen-bond donors (Lipinski definition) is 4. The van der Waals surface area contributed by atoms with Gasteiger partial charge in [0.25, 0.3) is 0 Å². The van der Waals surface area contributed by atoms with Gasteiger partial charge < -0.3 is 25.3 Å². The molecule has 0 saturated carbocycles. The molecule has 0 radical (unpaired) electrons. The van der Waals surface area contributed by atoms with Crippen LogP contribution in [0.3, 0.4) is 0 Å². The van der Waals surface area contributed by atoms with Crippen LogP contribution in [0.2, 0.25) is 0 Å². The Morgan fingerprint density at radius 2 is 1.83 bits per heavy atom. The third-order valence-corrected chi connectivity index (χ3v) is 5.08. The van der Waals surface area contributed by atoms with Crippen LogP contribution in [0.15, 0.2) is 21.3 Å². The summed E-state index contributed by atoms with van der Waals surface area (Å²) in [7, 11) is 0. The molecule has 1 heterocycles. The third-order valence-electron chi connectivity index (χ3n) is 5.08. The summed E-state index contributed by atoms with van der Waals surface area (Å²) in [5.41, 5.74) is 0.732. The van der Waals surface area contributed by atoms with E-state index in [1.165, 1.54) is 6.07 Å². The third kappa shape index (κ3) is 5.16. The van der Waals surface area contributed by atoms with Gasteiger partial charge in [-0.15, -0.1) is 0 Å². The van der Waals surface area contributed by atoms with Gasteiger partial charge in [-0.25, -0.2) is 9.59 Å². The number of rotatable bonds is 8. The molecule has 30 heavy (non-hydrogen) atoms. The second-order valence-electron chi connectivity index (χ2n) is 7.37. The van der Waals surface area contributed by atoms with Crippen LogP contribution in [0.25, 0.3) is 11.0 Å². The lowest BCUT2D eigenvalue weighted by Crippen LogP contribution is -2.48. The van der Waals surface area contributed by atoms with E-state index in [9.17, 15) is 29.4 Å². The molecule has 2 unspecified atom stereocenters. The highest BCUT2D eigenvalue weighted by molar-refractivity contribution is 5.91. The number of aliphatic carboxylic acids is 1. The number of hydrogen-bond acceptors (Lipinski definition) is 6. The zero-order chi connectivity index (χ0) is 22.6. The number of phenolic OH excluding ortho intramolecular Hbond substituents is 1. The summed E-state index contributed by atoms with van der Waals surface area (Å²) in [4.78, 5) is 47.9. The number of aryl methyl sites for hydroxylation is 2. The summed E-state index contributed by atoms with van der Waals surface area (Å²) in [5, 5.41) is 24.5. The number of carboxylic acids is 1. The molecule has 9 nitrogen and oxygen atoms in total. The minimum absolute atomic E-state index is 0.0583. The highest BCUT2D eigenvalue weighted by Crippen LogP contribution is 2.29. The number of aromatic hydroxyl groups is 1. The molecule has 0 fully saturated rings. The highest BCUT2D eigenvalue weighted by Gasteiger charge is 2.25. The minimum Gasteiger partial charge on any atom is -0.507 e. The first-order chi connectivity index (χ1) is 14.0. The second-order valence-corrected chi connectivity index (χ2v) is 7.37. The number of carbonyl (C=O) groups is 3. The van der Waals surface area contributed by atoms with E-state index in [-0.39, 0.29) is 29.2 Å². The first-order valence-electron chi connectivity index (χ1n) is 9.59. The number of benzene rings is 1. The van der Waals surface area contributed by atoms with Crippen molar-refractivity contribution in [1.82, 2.24) is 10.6 Å². The topological polar surface area (TPSA) is 146 Å². The van der Waals surface area contributed by atoms with Crippen LogP contribution < -0.4 is 16.3 Å². The molecule has 0 aliphatic heterocycles. The Bertz CT molecular complexity index is 1040. The Labute approximate surface area is 173 Å². The molecule has 0 aliphatic carbocycles. The Morgan fingerprint density at radius 1 is 1.17 bits per heavy atom. The fraction of sp³-hybridized carbons (Fsp3) is 0.429. The summed E-state index contributed by atoms with van der Waals surface area (Å²) in [6, 6.07) is 2.09. The number of carbonyl (C=O) groups excluding carboxylic acids is 2. The SMILES string of the molecule is CCC(C)C(NC(=O)CNC(=O)Cc1c(C)c2c(O)cc(C)cc2oc1=O)C(=O)O. The van der Waals surface area contributed by atoms with E-state index >= 15 is 0 Å². The van der Waals surface area contributed by atoms with E-state index in [1.807, 2.05) is 6.92 Å². The summed E-state index contributed by atoms with van der Waals surface area (Å²) < 4.78 is 5.24. The van der Waals surface area contributed by atoms with Crippen molar-refractivity contribution in [3.05, 3.63) is 39.2 Å². The number of phenols is 1. The van der Waals surface area contributed by atoms with Gasteiger partial charge in [-0.05, 0) is 43.0 Å². The molecule has 0 aliphatic rings. The smallest absolute Gasteiger partial charge is 0.340 e. The molecular weight excluding hydrogens is 392 g/mol. The van der Waals surface area contributed by atoms with Crippen molar-refractivity contribution in [1.29, 1.82) is 0 Å². The zero-order valence-corrected chi connectivity index (χ0v) is 17.4. The molecular formula is C21H26N2O7. The molecule has 2 amide bonds. The quantitative estimate of drug-likeness (QED) is 0.474. The maximum absolute atomic E-state index is 12.3. The lowest BCUT2D eigenvalue weighted by atomic mass is 9.99. The second kappa shape index (κ2) is 9.43. The predicted octanol–water partition coefficient (Wildman–Crippen LogP) is 1.39. The number of fused-ring (bicyclic) bond motifs is 1. The molecule has 2 atom stereocenters. The average Bonchev–Trinajstić information content (AvgIpc) is 2.66. The van der Waals surface area contributed by atoms with E-state index in [0.29, 0.717) is 17.4 Å². The van der Waals surface area contributed by atoms with Crippen LogP contribution in [0, 0.1) is 19.8 Å². The van der Waals surface area contributed by atoms with Crippen LogP contribution >= 0.6 is 0 Å². The highest BCUT2D eigenvalue weighted by atomic mass is 16.4. The van der Waals surface area contributed by atoms with Gasteiger partial charge in [-0.3, -0.25) is 9.59 Å². The summed E-state index contributed by atoms with van der Waals surface area (Å²) in [6.07, 6.45) is 0.214. The number of nitrogens with one attached hydrogen (secondary N) is 2. The van der Waals surface area contributed by atoms with Crippen LogP contribution in [-0.2, 0) is 20.8 Å². The fourth-order valence-corrected chi connectivity index (χ4v) is 3.17. The van der Waals surface area contributed by atoms with Gasteiger partial charge in [0.1, 0.15) is 17.4 Å². The molecule has 162 valence electrons. The van der Waals surface area contributed by atoms with Crippen molar-refractivity contribution in [2.45, 2.75) is 46.6 Å². The van der Waals surface area contributed by atoms with E-state index < -0.39 is 36.0 Å². The van der Waals surface area contributed by atoms with Gasteiger partial charge in [0, 0.05) is 0 Å². The van der Waals surface area contributed by atoms with Gasteiger partial charge in [-0.1, -0.05) is 20.3 Å². The lowest BCUT2D eigenvalue weighted by Gasteiger charge is -2.20. The van der Waals surface area contributed by atoms with Crippen molar-refractivity contribution >= 4 is 28.8 Å². The van der Waals surface area contributed by atoms with Gasteiger partial charge in [0.15, 0.2) is 0 Å². The van der Waals surface area contributed by atoms with E-state index in [4.69, 9.17) is 4.42 Å². The Morgan fingerprint density at radius 3 is 2.43 bits per heavy atom. The first-order valence-corrected chi connectivity index (χ1v) is 9.59. The number of carboxylic acid groups (broad SMARTS) is 1. The molecule has 2 aromatic rings. The standard InChI is InChI=1S/C21H26N2O7/c1-5-11(3)19(20(27)28)23-17(26)9-22-16(25)8-13-12(4)18-14(24)6-10(2)7-15(18)30-21(13)29/h6-7,11,19,24H,5,8-9H2,1-4H3,(H,22,25)(H,23,26)(H,27,28). The molecule has 0 saturated heterocycles. The van der Waals surface area contributed by atoms with Gasteiger partial charge in [0.05, 0.1) is 23.9 Å². The molecule has 4 N–H and O–H groups in total. The fourth-order valence-electron chi connectivity index (χ4n) is 3.17. The molecule has 0 bridgehead atoms. The van der Waals surface area contributed by atoms with Crippen LogP contribution in [0.1, 0.15) is 37.0 Å². The van der Waals surface area contributed by atoms with Gasteiger partial charge in [0.2, 0.25) is 11.8 Å². The maximum atomic E-state index is 12.3. The molecule has 1 aromatic carbocycles. The Kier molecular flexibility index (Phi) is 7.20. The normalized spacial score (nSPS) is 12.9. The van der Waals surface area contributed by atoms with Crippen LogP contribution in [0.5, 0.6) is 5.75 Å². The van der Waals surface area contributed by atoms with E-state index in [0.717, 1.165) is 5.56 Å². The predicted molar refractivity (Wildman–Crippen MR) is 109 cm³/mol. The molecule has 2 rings (SSSR count). The van der Waals surface area contributed by atoms with E-state index in [2.05, 4.69) is 10.6 Å². The van der Waals surface area contributed by atoms with Crippen molar-refractivity contribution in [2.24, 2.45) is 5.92 Å². The van der Waals surface area contributed by atoms with Crippen molar-refractivity contribution < 1.29 is 29.0 Å². The Balaban J connectivity index is 2.10.